The second-order valence-electron chi connectivity index (χ2n) is 3.30. The monoisotopic (exact) mass is 151 g/mol. The third-order valence-electron chi connectivity index (χ3n) is 2.40. The molecular weight excluding hydrogens is 134 g/mol. The first-order valence-corrected chi connectivity index (χ1v) is 4.30. The first kappa shape index (κ1) is 8.54. The van der Waals surface area contributed by atoms with Gasteiger partial charge in [0.1, 0.15) is 0 Å². The summed E-state index contributed by atoms with van der Waals surface area (Å²) in [7, 11) is 0. The summed E-state index contributed by atoms with van der Waals surface area (Å²) >= 11 is 0. The largest absolute Gasteiger partial charge is 0.311 e. The minimum absolute atomic E-state index is 0.309. The van der Waals surface area contributed by atoms with Crippen LogP contribution in [-0.2, 0) is 0 Å². The van der Waals surface area contributed by atoms with Gasteiger partial charge in [-0.05, 0) is 32.2 Å². The lowest BCUT2D eigenvalue weighted by Gasteiger charge is -2.26. The van der Waals surface area contributed by atoms with E-state index in [9.17, 15) is 0 Å². The van der Waals surface area contributed by atoms with Crippen molar-refractivity contribution >= 4 is 0 Å². The highest BCUT2D eigenvalue weighted by atomic mass is 15.0. The summed E-state index contributed by atoms with van der Waals surface area (Å²) in [6.45, 7) is 8.71. The highest BCUT2D eigenvalue weighted by Crippen LogP contribution is 2.27. The maximum Gasteiger partial charge on any atom is 0.0250 e. The van der Waals surface area contributed by atoms with E-state index in [1.807, 2.05) is 12.2 Å². The molecule has 0 aliphatic carbocycles. The Kier molecular flexibility index (Phi) is 2.89. The van der Waals surface area contributed by atoms with Gasteiger partial charge in [0.25, 0.3) is 0 Å². The van der Waals surface area contributed by atoms with Crippen LogP contribution in [0.5, 0.6) is 0 Å². The van der Waals surface area contributed by atoms with Crippen LogP contribution in [0.2, 0.25) is 0 Å². The summed E-state index contributed by atoms with van der Waals surface area (Å²) in [5, 5.41) is 3.53. The van der Waals surface area contributed by atoms with Gasteiger partial charge < -0.3 is 5.32 Å². The molecule has 1 aliphatic heterocycles. The van der Waals surface area contributed by atoms with Crippen LogP contribution in [0.25, 0.3) is 0 Å². The zero-order chi connectivity index (χ0) is 8.16. The Labute approximate surface area is 69.2 Å². The Morgan fingerprint density at radius 1 is 1.27 bits per heavy atom. The van der Waals surface area contributed by atoms with Crippen molar-refractivity contribution in [2.75, 3.05) is 6.54 Å². The van der Waals surface area contributed by atoms with Gasteiger partial charge in [-0.1, -0.05) is 12.2 Å². The van der Waals surface area contributed by atoms with Crippen LogP contribution in [0, 0.1) is 0 Å². The van der Waals surface area contributed by atoms with Crippen molar-refractivity contribution in [3.63, 3.8) is 0 Å². The van der Waals surface area contributed by atoms with E-state index in [0.717, 1.165) is 19.4 Å². The van der Waals surface area contributed by atoms with Crippen LogP contribution in [0.15, 0.2) is 25.3 Å². The smallest absolute Gasteiger partial charge is 0.0250 e. The van der Waals surface area contributed by atoms with E-state index in [2.05, 4.69) is 18.5 Å². The Bertz CT molecular complexity index is 131. The fourth-order valence-electron chi connectivity index (χ4n) is 1.85. The van der Waals surface area contributed by atoms with Gasteiger partial charge in [-0.15, -0.1) is 13.2 Å². The molecule has 1 nitrogen and oxygen atoms in total. The molecule has 0 saturated carbocycles. The summed E-state index contributed by atoms with van der Waals surface area (Å²) in [6.07, 6.45) is 8.70. The average molecular weight is 151 g/mol. The number of hydrogen-bond donors (Lipinski definition) is 1. The van der Waals surface area contributed by atoms with Crippen molar-refractivity contribution in [1.82, 2.24) is 5.32 Å². The van der Waals surface area contributed by atoms with Gasteiger partial charge in [0, 0.05) is 5.54 Å². The molecule has 1 heterocycles. The van der Waals surface area contributed by atoms with Gasteiger partial charge in [0.15, 0.2) is 0 Å². The van der Waals surface area contributed by atoms with Crippen molar-refractivity contribution in [2.24, 2.45) is 0 Å². The lowest BCUT2D eigenvalue weighted by atomic mass is 9.90. The second-order valence-corrected chi connectivity index (χ2v) is 3.30. The molecule has 0 radical (unpaired) electrons. The van der Waals surface area contributed by atoms with Crippen LogP contribution in [0.3, 0.4) is 0 Å². The Morgan fingerprint density at radius 2 is 1.91 bits per heavy atom. The van der Waals surface area contributed by atoms with Crippen LogP contribution >= 0.6 is 0 Å². The summed E-state index contributed by atoms with van der Waals surface area (Å²) in [5.41, 5.74) is 0.309. The molecule has 0 spiro atoms. The van der Waals surface area contributed by atoms with Crippen molar-refractivity contribution < 1.29 is 0 Å². The predicted molar refractivity (Wildman–Crippen MR) is 49.6 cm³/mol. The lowest BCUT2D eigenvalue weighted by molar-refractivity contribution is 0.384. The van der Waals surface area contributed by atoms with Crippen molar-refractivity contribution in [1.29, 1.82) is 0 Å². The number of hydrogen-bond acceptors (Lipinski definition) is 1. The van der Waals surface area contributed by atoms with Crippen LogP contribution in [0.1, 0.15) is 25.7 Å². The molecule has 1 aliphatic rings. The summed E-state index contributed by atoms with van der Waals surface area (Å²) in [4.78, 5) is 0. The molecule has 0 aromatic rings. The minimum atomic E-state index is 0.309. The topological polar surface area (TPSA) is 12.0 Å². The average Bonchev–Trinajstić information content (AvgIpc) is 2.39. The standard InChI is InChI=1S/C10H17N/c1-3-6-10(7-4-2)8-5-9-11-10/h3-4,11H,1-2,5-9H2. The third-order valence-corrected chi connectivity index (χ3v) is 2.40. The Balaban J connectivity index is 2.53. The van der Waals surface area contributed by atoms with E-state index < -0.39 is 0 Å². The van der Waals surface area contributed by atoms with Gasteiger partial charge in [0.2, 0.25) is 0 Å². The summed E-state index contributed by atoms with van der Waals surface area (Å²) in [5.74, 6) is 0. The van der Waals surface area contributed by atoms with E-state index in [4.69, 9.17) is 0 Å². The van der Waals surface area contributed by atoms with Gasteiger partial charge in [-0.3, -0.25) is 0 Å². The summed E-state index contributed by atoms with van der Waals surface area (Å²) < 4.78 is 0. The molecule has 0 unspecified atom stereocenters. The molecule has 1 heteroatoms. The summed E-state index contributed by atoms with van der Waals surface area (Å²) in [6, 6.07) is 0. The van der Waals surface area contributed by atoms with E-state index in [0.29, 0.717) is 5.54 Å². The first-order chi connectivity index (χ1) is 5.33. The van der Waals surface area contributed by atoms with Crippen LogP contribution < -0.4 is 5.32 Å². The zero-order valence-electron chi connectivity index (χ0n) is 7.10. The van der Waals surface area contributed by atoms with E-state index in [1.165, 1.54) is 12.8 Å². The van der Waals surface area contributed by atoms with Crippen LogP contribution in [0.4, 0.5) is 0 Å². The highest BCUT2D eigenvalue weighted by molar-refractivity contribution is 5.01. The molecule has 0 aromatic carbocycles. The Hall–Kier alpha value is -0.560. The van der Waals surface area contributed by atoms with Crippen molar-refractivity contribution in [2.45, 2.75) is 31.2 Å². The van der Waals surface area contributed by atoms with E-state index in [1.54, 1.807) is 0 Å². The molecule has 0 atom stereocenters. The van der Waals surface area contributed by atoms with Gasteiger partial charge >= 0.3 is 0 Å². The molecule has 1 rings (SSSR count). The van der Waals surface area contributed by atoms with E-state index >= 15 is 0 Å². The number of nitrogens with one attached hydrogen (secondary N) is 1. The highest BCUT2D eigenvalue weighted by Gasteiger charge is 2.30. The fraction of sp³-hybridized carbons (Fsp3) is 0.600. The quantitative estimate of drug-likeness (QED) is 0.608. The molecular formula is C10H17N. The maximum absolute atomic E-state index is 3.78. The van der Waals surface area contributed by atoms with Crippen molar-refractivity contribution in [3.8, 4) is 0 Å². The number of rotatable bonds is 4. The molecule has 0 amide bonds. The predicted octanol–water partition coefficient (Wildman–Crippen LogP) is 2.26. The molecule has 1 N–H and O–H groups in total. The SMILES string of the molecule is C=CCC1(CC=C)CCCN1. The molecule has 0 bridgehead atoms. The molecule has 0 aromatic heterocycles. The van der Waals surface area contributed by atoms with Crippen LogP contribution in [-0.4, -0.2) is 12.1 Å². The third kappa shape index (κ3) is 1.93. The molecule has 1 saturated heterocycles. The van der Waals surface area contributed by atoms with Gasteiger partial charge in [-0.25, -0.2) is 0 Å². The van der Waals surface area contributed by atoms with E-state index in [-0.39, 0.29) is 0 Å². The lowest BCUT2D eigenvalue weighted by Crippen LogP contribution is -2.38. The molecule has 1 fully saturated rings. The fourth-order valence-corrected chi connectivity index (χ4v) is 1.85. The Morgan fingerprint density at radius 3 is 2.27 bits per heavy atom. The second kappa shape index (κ2) is 3.72. The van der Waals surface area contributed by atoms with Crippen molar-refractivity contribution in [3.05, 3.63) is 25.3 Å². The normalized spacial score (nSPS) is 21.5. The van der Waals surface area contributed by atoms with Gasteiger partial charge in [0.05, 0.1) is 0 Å². The maximum atomic E-state index is 3.78. The molecule has 11 heavy (non-hydrogen) atoms. The minimum Gasteiger partial charge on any atom is -0.311 e. The first-order valence-electron chi connectivity index (χ1n) is 4.30. The zero-order valence-corrected chi connectivity index (χ0v) is 7.10. The molecule has 62 valence electrons. The van der Waals surface area contributed by atoms with Gasteiger partial charge in [-0.2, -0.15) is 0 Å².